The molecular weight excluding hydrogens is 390 g/mol. The zero-order valence-corrected chi connectivity index (χ0v) is 17.2. The summed E-state index contributed by atoms with van der Waals surface area (Å²) in [6, 6.07) is 13.2. The fourth-order valence-corrected chi connectivity index (χ4v) is 2.90. The van der Waals surface area contributed by atoms with E-state index >= 15 is 0 Å². The average Bonchev–Trinajstić information content (AvgIpc) is 3.04. The monoisotopic (exact) mass is 411 g/mol. The van der Waals surface area contributed by atoms with E-state index in [2.05, 4.69) is 20.9 Å². The number of hydrogen-bond donors (Lipinski definition) is 2. The predicted molar refractivity (Wildman–Crippen MR) is 112 cm³/mol. The Balaban J connectivity index is 1.62. The molecule has 0 spiro atoms. The third-order valence-corrected chi connectivity index (χ3v) is 4.78. The summed E-state index contributed by atoms with van der Waals surface area (Å²) >= 11 is 5.99. The first-order valence-corrected chi connectivity index (χ1v) is 9.51. The largest absolute Gasteiger partial charge is 0.350 e. The number of aryl methyl sites for hydroxylation is 2. The molecule has 0 bridgehead atoms. The Morgan fingerprint density at radius 3 is 2.52 bits per heavy atom. The molecule has 0 fully saturated rings. The normalized spacial score (nSPS) is 10.6. The molecule has 0 aliphatic rings. The maximum Gasteiger partial charge on any atom is 0.278 e. The molecule has 0 unspecified atom stereocenters. The van der Waals surface area contributed by atoms with Gasteiger partial charge in [-0.25, -0.2) is 4.68 Å². The Morgan fingerprint density at radius 1 is 1.07 bits per heavy atom. The Kier molecular flexibility index (Phi) is 6.29. The first-order valence-electron chi connectivity index (χ1n) is 9.13. The lowest BCUT2D eigenvalue weighted by molar-refractivity contribution is -0.122. The lowest BCUT2D eigenvalue weighted by Crippen LogP contribution is -2.28. The van der Waals surface area contributed by atoms with Gasteiger partial charge in [0.25, 0.3) is 5.91 Å². The van der Waals surface area contributed by atoms with Crippen LogP contribution in [-0.2, 0) is 17.9 Å². The Bertz CT molecular complexity index is 1040. The van der Waals surface area contributed by atoms with Gasteiger partial charge in [-0.15, -0.1) is 5.10 Å². The number of carbonyl (C=O) groups is 2. The number of anilines is 1. The number of aromatic nitrogens is 3. The number of benzene rings is 2. The van der Waals surface area contributed by atoms with Crippen LogP contribution in [0.5, 0.6) is 0 Å². The van der Waals surface area contributed by atoms with E-state index in [1.165, 1.54) is 4.68 Å². The first kappa shape index (κ1) is 20.5. The molecule has 0 aliphatic heterocycles. The maximum absolute atomic E-state index is 12.6. The van der Waals surface area contributed by atoms with Gasteiger partial charge in [-0.3, -0.25) is 9.59 Å². The first-order chi connectivity index (χ1) is 13.8. The molecule has 0 saturated carbocycles. The van der Waals surface area contributed by atoms with E-state index in [4.69, 9.17) is 11.6 Å². The Labute approximate surface area is 174 Å². The Morgan fingerprint density at radius 2 is 1.79 bits per heavy atom. The van der Waals surface area contributed by atoms with E-state index in [9.17, 15) is 9.59 Å². The van der Waals surface area contributed by atoms with Gasteiger partial charge in [0, 0.05) is 17.3 Å². The van der Waals surface area contributed by atoms with Crippen LogP contribution >= 0.6 is 11.6 Å². The molecule has 1 heterocycles. The van der Waals surface area contributed by atoms with Gasteiger partial charge in [0.05, 0.1) is 5.69 Å². The second-order valence-electron chi connectivity index (χ2n) is 6.86. The highest BCUT2D eigenvalue weighted by atomic mass is 35.5. The van der Waals surface area contributed by atoms with Gasteiger partial charge in [-0.1, -0.05) is 52.7 Å². The van der Waals surface area contributed by atoms with Crippen molar-refractivity contribution in [1.82, 2.24) is 20.3 Å². The number of carbonyl (C=O) groups excluding carboxylic acids is 2. The summed E-state index contributed by atoms with van der Waals surface area (Å²) in [6.45, 7) is 5.99. The molecule has 7 nitrogen and oxygen atoms in total. The van der Waals surface area contributed by atoms with Crippen molar-refractivity contribution in [3.8, 4) is 0 Å². The van der Waals surface area contributed by atoms with Gasteiger partial charge < -0.3 is 10.6 Å². The molecule has 29 heavy (non-hydrogen) atoms. The molecule has 0 saturated heterocycles. The zero-order valence-electron chi connectivity index (χ0n) is 16.5. The maximum atomic E-state index is 12.6. The van der Waals surface area contributed by atoms with Crippen LogP contribution in [0.25, 0.3) is 0 Å². The number of hydrogen-bond acceptors (Lipinski definition) is 4. The number of nitrogens with zero attached hydrogens (tertiary/aromatic N) is 3. The summed E-state index contributed by atoms with van der Waals surface area (Å²) in [6.07, 6.45) is 0. The van der Waals surface area contributed by atoms with E-state index in [1.807, 2.05) is 44.2 Å². The van der Waals surface area contributed by atoms with Crippen molar-refractivity contribution >= 4 is 29.1 Å². The van der Waals surface area contributed by atoms with Crippen molar-refractivity contribution in [2.45, 2.75) is 33.9 Å². The van der Waals surface area contributed by atoms with Crippen molar-refractivity contribution in [1.29, 1.82) is 0 Å². The zero-order chi connectivity index (χ0) is 21.0. The molecule has 8 heteroatoms. The highest BCUT2D eigenvalue weighted by molar-refractivity contribution is 6.31. The van der Waals surface area contributed by atoms with Crippen molar-refractivity contribution in [2.75, 3.05) is 5.32 Å². The minimum absolute atomic E-state index is 0.0197. The van der Waals surface area contributed by atoms with Crippen LogP contribution in [0.1, 0.15) is 32.9 Å². The average molecular weight is 412 g/mol. The fraction of sp³-hybridized carbons (Fsp3) is 0.238. The van der Waals surface area contributed by atoms with E-state index < -0.39 is 5.91 Å². The summed E-state index contributed by atoms with van der Waals surface area (Å²) in [5.74, 6) is -0.615. The SMILES string of the molecule is Cc1ccc(CNC(=O)Cn2nnc(C(=O)Nc3cc(Cl)ccc3C)c2C)cc1. The van der Waals surface area contributed by atoms with Crippen molar-refractivity contribution in [3.63, 3.8) is 0 Å². The third-order valence-electron chi connectivity index (χ3n) is 4.55. The lowest BCUT2D eigenvalue weighted by Gasteiger charge is -2.08. The van der Waals surface area contributed by atoms with Crippen LogP contribution in [0.2, 0.25) is 5.02 Å². The quantitative estimate of drug-likeness (QED) is 0.650. The molecule has 0 aliphatic carbocycles. The fourth-order valence-electron chi connectivity index (χ4n) is 2.73. The molecule has 150 valence electrons. The third kappa shape index (κ3) is 5.20. The summed E-state index contributed by atoms with van der Waals surface area (Å²) in [5, 5.41) is 14.0. The molecule has 0 atom stereocenters. The summed E-state index contributed by atoms with van der Waals surface area (Å²) in [5.41, 5.74) is 4.33. The molecular formula is C21H22ClN5O2. The molecule has 2 N–H and O–H groups in total. The smallest absolute Gasteiger partial charge is 0.278 e. The molecule has 2 aromatic carbocycles. The van der Waals surface area contributed by atoms with Gasteiger partial charge in [0.15, 0.2) is 5.69 Å². The van der Waals surface area contributed by atoms with Crippen LogP contribution < -0.4 is 10.6 Å². The van der Waals surface area contributed by atoms with Crippen molar-refractivity contribution in [2.24, 2.45) is 0 Å². The van der Waals surface area contributed by atoms with Gasteiger partial charge in [-0.2, -0.15) is 0 Å². The Hall–Kier alpha value is -3.19. The van der Waals surface area contributed by atoms with Gasteiger partial charge in [-0.05, 0) is 44.0 Å². The molecule has 0 radical (unpaired) electrons. The highest BCUT2D eigenvalue weighted by Crippen LogP contribution is 2.21. The number of halogens is 1. The van der Waals surface area contributed by atoms with Crippen LogP contribution in [0.3, 0.4) is 0 Å². The topological polar surface area (TPSA) is 88.9 Å². The number of amides is 2. The van der Waals surface area contributed by atoms with Crippen LogP contribution in [0.15, 0.2) is 42.5 Å². The number of nitrogens with one attached hydrogen (secondary N) is 2. The molecule has 3 aromatic rings. The second kappa shape index (κ2) is 8.87. The predicted octanol–water partition coefficient (Wildman–Crippen LogP) is 3.43. The van der Waals surface area contributed by atoms with Gasteiger partial charge in [0.1, 0.15) is 6.54 Å². The highest BCUT2D eigenvalue weighted by Gasteiger charge is 2.18. The van der Waals surface area contributed by atoms with E-state index in [1.54, 1.807) is 19.1 Å². The number of rotatable bonds is 6. The van der Waals surface area contributed by atoms with Crippen molar-refractivity contribution in [3.05, 3.63) is 75.6 Å². The van der Waals surface area contributed by atoms with Crippen LogP contribution in [-0.4, -0.2) is 26.8 Å². The lowest BCUT2D eigenvalue weighted by atomic mass is 10.1. The van der Waals surface area contributed by atoms with Crippen LogP contribution in [0.4, 0.5) is 5.69 Å². The van der Waals surface area contributed by atoms with Gasteiger partial charge in [0.2, 0.25) is 5.91 Å². The van der Waals surface area contributed by atoms with Crippen molar-refractivity contribution < 1.29 is 9.59 Å². The van der Waals surface area contributed by atoms with E-state index in [0.29, 0.717) is 22.9 Å². The minimum Gasteiger partial charge on any atom is -0.350 e. The minimum atomic E-state index is -0.404. The summed E-state index contributed by atoms with van der Waals surface area (Å²) < 4.78 is 1.41. The molecule has 2 amide bonds. The summed E-state index contributed by atoms with van der Waals surface area (Å²) in [7, 11) is 0. The second-order valence-corrected chi connectivity index (χ2v) is 7.29. The van der Waals surface area contributed by atoms with Gasteiger partial charge >= 0.3 is 0 Å². The summed E-state index contributed by atoms with van der Waals surface area (Å²) in [4.78, 5) is 24.8. The van der Waals surface area contributed by atoms with E-state index in [-0.39, 0.29) is 18.1 Å². The molecule has 3 rings (SSSR count). The standard InChI is InChI=1S/C21H22ClN5O2/c1-13-4-7-16(8-5-13)11-23-19(28)12-27-15(3)20(25-26-27)21(29)24-18-10-17(22)9-6-14(18)2/h4-10H,11-12H2,1-3H3,(H,23,28)(H,24,29). The van der Waals surface area contributed by atoms with E-state index in [0.717, 1.165) is 16.7 Å². The molecule has 1 aromatic heterocycles. The van der Waals surface area contributed by atoms with Crippen LogP contribution in [0, 0.1) is 20.8 Å².